The maximum absolute atomic E-state index is 5.54. The molecule has 5 aromatic rings. The van der Waals surface area contributed by atoms with E-state index in [1.807, 2.05) is 53.5 Å². The van der Waals surface area contributed by atoms with E-state index >= 15 is 0 Å². The highest BCUT2D eigenvalue weighted by Gasteiger charge is 2.32. The lowest BCUT2D eigenvalue weighted by atomic mass is 9.98. The maximum Gasteiger partial charge on any atom is 0.247 e. The molecular weight excluding hydrogens is 472 g/mol. The number of anilines is 1. The Morgan fingerprint density at radius 1 is 0.737 bits per heavy atom. The molecule has 1 unspecified atom stereocenters. The number of rotatable bonds is 6. The number of aryl methyl sites for hydroxylation is 1. The van der Waals surface area contributed by atoms with Gasteiger partial charge < -0.3 is 9.47 Å². The quantitative estimate of drug-likeness (QED) is 0.252. The van der Waals surface area contributed by atoms with Crippen LogP contribution in [-0.4, -0.2) is 29.9 Å². The molecular formula is C32H28N4O2. The van der Waals surface area contributed by atoms with Crippen LogP contribution in [0.2, 0.25) is 0 Å². The van der Waals surface area contributed by atoms with Crippen LogP contribution in [0.15, 0.2) is 102 Å². The highest BCUT2D eigenvalue weighted by molar-refractivity contribution is 6.03. The average Bonchev–Trinajstić information content (AvgIpc) is 3.43. The minimum atomic E-state index is -0.0992. The van der Waals surface area contributed by atoms with Crippen LogP contribution in [0.5, 0.6) is 11.5 Å². The number of aromatic nitrogens is 2. The lowest BCUT2D eigenvalue weighted by Gasteiger charge is -2.23. The molecule has 2 heterocycles. The second-order valence-corrected chi connectivity index (χ2v) is 9.38. The molecule has 0 fully saturated rings. The summed E-state index contributed by atoms with van der Waals surface area (Å²) in [5.41, 5.74) is 7.03. The molecule has 1 aliphatic rings. The van der Waals surface area contributed by atoms with Crippen LogP contribution in [0.1, 0.15) is 29.2 Å². The number of hydrogen-bond donors (Lipinski definition) is 0. The molecule has 0 aliphatic carbocycles. The average molecular weight is 501 g/mol. The first-order valence-electron chi connectivity index (χ1n) is 12.6. The van der Waals surface area contributed by atoms with Gasteiger partial charge in [0.25, 0.3) is 0 Å². The topological polar surface area (TPSA) is 59.8 Å². The Morgan fingerprint density at radius 3 is 2.26 bits per heavy atom. The van der Waals surface area contributed by atoms with Crippen molar-refractivity contribution in [1.82, 2.24) is 9.97 Å². The van der Waals surface area contributed by atoms with Gasteiger partial charge in [-0.1, -0.05) is 66.2 Å². The van der Waals surface area contributed by atoms with Crippen molar-refractivity contribution >= 4 is 22.6 Å². The molecule has 4 aromatic carbocycles. The Bertz CT molecular complexity index is 1650. The Kier molecular flexibility index (Phi) is 6.22. The van der Waals surface area contributed by atoms with Crippen molar-refractivity contribution in [3.8, 4) is 22.8 Å². The van der Waals surface area contributed by atoms with E-state index in [0.717, 1.165) is 50.5 Å². The van der Waals surface area contributed by atoms with Crippen molar-refractivity contribution in [2.75, 3.05) is 19.2 Å². The van der Waals surface area contributed by atoms with Gasteiger partial charge in [0, 0.05) is 22.9 Å². The normalized spacial score (nSPS) is 15.0. The first-order chi connectivity index (χ1) is 18.6. The van der Waals surface area contributed by atoms with Crippen molar-refractivity contribution in [3.63, 3.8) is 0 Å². The Morgan fingerprint density at radius 2 is 1.47 bits per heavy atom. The second-order valence-electron chi connectivity index (χ2n) is 9.38. The summed E-state index contributed by atoms with van der Waals surface area (Å²) in [5, 5.41) is 8.08. The number of hydrogen-bond acceptors (Lipinski definition) is 6. The molecule has 1 aliphatic heterocycles. The van der Waals surface area contributed by atoms with E-state index in [0.29, 0.717) is 12.4 Å². The van der Waals surface area contributed by atoms with E-state index in [1.165, 1.54) is 5.56 Å². The maximum atomic E-state index is 5.54. The monoisotopic (exact) mass is 500 g/mol. The summed E-state index contributed by atoms with van der Waals surface area (Å²) >= 11 is 0. The first-order valence-corrected chi connectivity index (χ1v) is 12.6. The van der Waals surface area contributed by atoms with Gasteiger partial charge in [0.15, 0.2) is 0 Å². The van der Waals surface area contributed by atoms with Gasteiger partial charge in [0.2, 0.25) is 5.95 Å². The Balaban J connectivity index is 1.54. The van der Waals surface area contributed by atoms with Gasteiger partial charge in [-0.3, -0.25) is 0 Å². The highest BCUT2D eigenvalue weighted by atomic mass is 16.5. The summed E-state index contributed by atoms with van der Waals surface area (Å²) in [4.78, 5) is 10.1. The van der Waals surface area contributed by atoms with Gasteiger partial charge in [0.1, 0.15) is 11.5 Å². The minimum absolute atomic E-state index is 0.0992. The Labute approximate surface area is 222 Å². The van der Waals surface area contributed by atoms with E-state index < -0.39 is 0 Å². The zero-order valence-corrected chi connectivity index (χ0v) is 21.6. The predicted octanol–water partition coefficient (Wildman–Crippen LogP) is 6.98. The molecule has 0 amide bonds. The summed E-state index contributed by atoms with van der Waals surface area (Å²) in [6.07, 6.45) is 0.691. The SMILES string of the molecule is COc1cccc(C2=NN(c3nc(-c4ccccc4)c4cc(C)ccc4n3)C(c3cccc(OC)c3)C2)c1. The van der Waals surface area contributed by atoms with Crippen LogP contribution in [0.3, 0.4) is 0 Å². The number of hydrazone groups is 1. The van der Waals surface area contributed by atoms with Gasteiger partial charge in [-0.2, -0.15) is 5.10 Å². The number of benzene rings is 4. The third-order valence-corrected chi connectivity index (χ3v) is 6.88. The molecule has 1 atom stereocenters. The van der Waals surface area contributed by atoms with Crippen molar-refractivity contribution in [3.05, 3.63) is 114 Å². The fourth-order valence-corrected chi connectivity index (χ4v) is 4.93. The van der Waals surface area contributed by atoms with Gasteiger partial charge in [-0.25, -0.2) is 15.0 Å². The smallest absolute Gasteiger partial charge is 0.247 e. The third kappa shape index (κ3) is 4.45. The molecule has 6 nitrogen and oxygen atoms in total. The van der Waals surface area contributed by atoms with Crippen LogP contribution >= 0.6 is 0 Å². The minimum Gasteiger partial charge on any atom is -0.497 e. The first kappa shape index (κ1) is 23.7. The fraction of sp³-hybridized carbons (Fsp3) is 0.156. The van der Waals surface area contributed by atoms with Gasteiger partial charge in [0.05, 0.1) is 37.2 Å². The van der Waals surface area contributed by atoms with Gasteiger partial charge in [-0.15, -0.1) is 0 Å². The van der Waals surface area contributed by atoms with E-state index in [1.54, 1.807) is 14.2 Å². The van der Waals surface area contributed by atoms with E-state index in [-0.39, 0.29) is 6.04 Å². The van der Waals surface area contributed by atoms with E-state index in [2.05, 4.69) is 55.5 Å². The van der Waals surface area contributed by atoms with E-state index in [4.69, 9.17) is 24.5 Å². The lowest BCUT2D eigenvalue weighted by Crippen LogP contribution is -2.21. The van der Waals surface area contributed by atoms with Crippen LogP contribution < -0.4 is 14.5 Å². The molecule has 6 heteroatoms. The van der Waals surface area contributed by atoms with Gasteiger partial charge in [-0.05, 0) is 48.9 Å². The van der Waals surface area contributed by atoms with E-state index in [9.17, 15) is 0 Å². The Hall–Kier alpha value is -4.71. The zero-order valence-electron chi connectivity index (χ0n) is 21.6. The highest BCUT2D eigenvalue weighted by Crippen LogP contribution is 2.38. The third-order valence-electron chi connectivity index (χ3n) is 6.88. The summed E-state index contributed by atoms with van der Waals surface area (Å²) in [5.74, 6) is 2.16. The molecule has 6 rings (SSSR count). The molecule has 0 spiro atoms. The molecule has 38 heavy (non-hydrogen) atoms. The summed E-state index contributed by atoms with van der Waals surface area (Å²) < 4.78 is 11.0. The molecule has 0 bridgehead atoms. The summed E-state index contributed by atoms with van der Waals surface area (Å²) in [6.45, 7) is 2.09. The van der Waals surface area contributed by atoms with Crippen molar-refractivity contribution in [2.24, 2.45) is 5.10 Å². The summed E-state index contributed by atoms with van der Waals surface area (Å²) in [6, 6.07) is 32.6. The molecule has 0 radical (unpaired) electrons. The van der Waals surface area contributed by atoms with Crippen LogP contribution in [0.25, 0.3) is 22.2 Å². The predicted molar refractivity (Wildman–Crippen MR) is 152 cm³/mol. The van der Waals surface area contributed by atoms with Crippen molar-refractivity contribution in [2.45, 2.75) is 19.4 Å². The lowest BCUT2D eigenvalue weighted by molar-refractivity contribution is 0.413. The molecule has 0 saturated heterocycles. The number of fused-ring (bicyclic) bond motifs is 1. The number of ether oxygens (including phenoxy) is 2. The second kappa shape index (κ2) is 9.98. The molecule has 0 N–H and O–H groups in total. The largest absolute Gasteiger partial charge is 0.497 e. The summed E-state index contributed by atoms with van der Waals surface area (Å²) in [7, 11) is 3.36. The fourth-order valence-electron chi connectivity index (χ4n) is 4.93. The number of methoxy groups -OCH3 is 2. The van der Waals surface area contributed by atoms with Crippen molar-refractivity contribution < 1.29 is 9.47 Å². The molecule has 0 saturated carbocycles. The van der Waals surface area contributed by atoms with Crippen LogP contribution in [-0.2, 0) is 0 Å². The van der Waals surface area contributed by atoms with Crippen LogP contribution in [0, 0.1) is 6.92 Å². The van der Waals surface area contributed by atoms with Gasteiger partial charge >= 0.3 is 0 Å². The number of nitrogens with zero attached hydrogens (tertiary/aromatic N) is 4. The van der Waals surface area contributed by atoms with Crippen LogP contribution in [0.4, 0.5) is 5.95 Å². The van der Waals surface area contributed by atoms with Crippen molar-refractivity contribution in [1.29, 1.82) is 0 Å². The molecule has 188 valence electrons. The standard InChI is InChI=1S/C32H28N4O2/c1-21-15-16-28-27(17-21)31(22-9-5-4-6-10-22)34-32(33-28)36-30(24-12-8-14-26(19-24)38-3)20-29(35-36)23-11-7-13-25(18-23)37-2/h4-19,30H,20H2,1-3H3. The molecule has 1 aromatic heterocycles. The zero-order chi connectivity index (χ0) is 26.1.